The zero-order valence-electron chi connectivity index (χ0n) is 37.1. The van der Waals surface area contributed by atoms with Gasteiger partial charge in [-0.15, -0.1) is 0 Å². The monoisotopic (exact) mass is 761 g/mol. The van der Waals surface area contributed by atoms with E-state index < -0.39 is 0 Å². The van der Waals surface area contributed by atoms with Crippen molar-refractivity contribution in [2.45, 2.75) is 233 Å². The fourth-order valence-electron chi connectivity index (χ4n) is 8.44. The Morgan fingerprint density at radius 3 is 1.36 bits per heavy atom. The first-order chi connectivity index (χ1) is 27.6. The molecule has 1 aliphatic heterocycles. The van der Waals surface area contributed by atoms with E-state index in [1.807, 2.05) is 0 Å². The average Bonchev–Trinajstić information content (AvgIpc) is 3.51. The van der Waals surface area contributed by atoms with Crippen LogP contribution in [0.4, 0.5) is 0 Å². The van der Waals surface area contributed by atoms with Crippen molar-refractivity contribution in [3.63, 3.8) is 0 Å². The van der Waals surface area contributed by atoms with Gasteiger partial charge in [0.2, 0.25) is 11.4 Å². The van der Waals surface area contributed by atoms with Gasteiger partial charge in [0, 0.05) is 23.1 Å². The standard InChI is InChI=1S/C54H84N2/c1-5-9-12-13-14-15-16-17-18-19-20-21-22-23-24-25-26-27-28-29-30-31-32-33-34-35-41-52-51(8-4)53(49-44-42-47(43-45-49)37-10-6-2)56(55)54(52)50-40-36-39-48(46-50)38-11-7-3/h36,39-40,42-46H,5-34,37-38H2,1-4H3. The van der Waals surface area contributed by atoms with Crippen molar-refractivity contribution in [2.75, 3.05) is 0 Å². The van der Waals surface area contributed by atoms with E-state index in [0.717, 1.165) is 65.8 Å². The summed E-state index contributed by atoms with van der Waals surface area (Å²) < 4.78 is 1.45. The lowest BCUT2D eigenvalue weighted by Crippen LogP contribution is -2.03. The van der Waals surface area contributed by atoms with Gasteiger partial charge >= 0.3 is 0 Å². The normalized spacial score (nSPS) is 12.9. The number of nitrogens with zero attached hydrogens (tertiary/aromatic N) is 2. The van der Waals surface area contributed by atoms with E-state index in [2.05, 4.69) is 88.1 Å². The minimum absolute atomic E-state index is 0.826. The Hall–Kier alpha value is -2.92. The fraction of sp³-hybridized carbons (Fsp3) is 0.667. The molecule has 2 heteroatoms. The number of aryl methyl sites for hydroxylation is 2. The Kier molecular flexibility index (Phi) is 26.4. The van der Waals surface area contributed by atoms with E-state index in [1.165, 1.54) is 189 Å². The summed E-state index contributed by atoms with van der Waals surface area (Å²) in [6, 6.07) is 17.6. The second-order valence-electron chi connectivity index (χ2n) is 17.0. The number of benzene rings is 2. The third-order valence-corrected chi connectivity index (χ3v) is 12.0. The van der Waals surface area contributed by atoms with Gasteiger partial charge in [-0.05, 0) is 73.9 Å². The maximum Gasteiger partial charge on any atom is 0.223 e. The summed E-state index contributed by atoms with van der Waals surface area (Å²) in [5.74, 6) is 7.15. The smallest absolute Gasteiger partial charge is 0.223 e. The molecule has 2 aromatic carbocycles. The van der Waals surface area contributed by atoms with Gasteiger partial charge in [-0.3, -0.25) is 0 Å². The third kappa shape index (κ3) is 18.6. The molecule has 0 radical (unpaired) electrons. The van der Waals surface area contributed by atoms with Crippen molar-refractivity contribution in [2.24, 2.45) is 0 Å². The van der Waals surface area contributed by atoms with Crippen molar-refractivity contribution in [1.29, 1.82) is 0 Å². The molecule has 0 unspecified atom stereocenters. The van der Waals surface area contributed by atoms with Crippen LogP contribution in [0.15, 0.2) is 59.7 Å². The molecule has 0 amide bonds. The van der Waals surface area contributed by atoms with Crippen molar-refractivity contribution in [3.8, 4) is 11.8 Å². The molecular formula is C54H84N2. The van der Waals surface area contributed by atoms with Crippen LogP contribution in [0.1, 0.15) is 243 Å². The van der Waals surface area contributed by atoms with Crippen LogP contribution in [0.2, 0.25) is 0 Å². The Balaban J connectivity index is 1.34. The molecule has 0 aliphatic carbocycles. The Bertz CT molecular complexity index is 1460. The molecule has 2 aromatic rings. The van der Waals surface area contributed by atoms with Crippen LogP contribution >= 0.6 is 0 Å². The molecule has 0 N–H and O–H groups in total. The molecule has 0 atom stereocenters. The number of unbranched alkanes of at least 4 members (excludes halogenated alkanes) is 26. The van der Waals surface area contributed by atoms with Gasteiger partial charge in [-0.1, -0.05) is 224 Å². The Morgan fingerprint density at radius 1 is 0.446 bits per heavy atom. The molecule has 0 bridgehead atoms. The molecule has 0 spiro atoms. The first kappa shape index (κ1) is 47.5. The minimum Gasteiger partial charge on any atom is -0.493 e. The van der Waals surface area contributed by atoms with Crippen LogP contribution in [0.5, 0.6) is 0 Å². The van der Waals surface area contributed by atoms with E-state index in [9.17, 15) is 5.53 Å². The van der Waals surface area contributed by atoms with Gasteiger partial charge < -0.3 is 5.53 Å². The van der Waals surface area contributed by atoms with Crippen LogP contribution in [-0.4, -0.2) is 4.70 Å². The van der Waals surface area contributed by atoms with Gasteiger partial charge in [0.1, 0.15) is 5.57 Å². The fourth-order valence-corrected chi connectivity index (χ4v) is 8.44. The third-order valence-electron chi connectivity index (χ3n) is 12.0. The summed E-state index contributed by atoms with van der Waals surface area (Å²) in [5, 5.41) is 0. The molecule has 0 aromatic heterocycles. The van der Waals surface area contributed by atoms with E-state index in [4.69, 9.17) is 0 Å². The zero-order valence-corrected chi connectivity index (χ0v) is 37.1. The molecule has 0 saturated carbocycles. The summed E-state index contributed by atoms with van der Waals surface area (Å²) in [4.78, 5) is 0. The van der Waals surface area contributed by atoms with Crippen molar-refractivity contribution in [1.82, 2.24) is 0 Å². The molecule has 1 aliphatic rings. The first-order valence-electron chi connectivity index (χ1n) is 24.3. The van der Waals surface area contributed by atoms with E-state index in [-0.39, 0.29) is 0 Å². The maximum absolute atomic E-state index is 11.9. The average molecular weight is 761 g/mol. The first-order valence-corrected chi connectivity index (χ1v) is 24.3. The summed E-state index contributed by atoms with van der Waals surface area (Å²) in [7, 11) is 0. The lowest BCUT2D eigenvalue weighted by atomic mass is 9.96. The largest absolute Gasteiger partial charge is 0.493 e. The van der Waals surface area contributed by atoms with Crippen LogP contribution in [0.25, 0.3) is 16.9 Å². The van der Waals surface area contributed by atoms with Gasteiger partial charge in [0.15, 0.2) is 0 Å². The lowest BCUT2D eigenvalue weighted by Gasteiger charge is -2.11. The SMILES string of the molecule is CCCCCCCCCCCCCCCCCCCCCCCCCCC#CC1=C(c2cccc(CCCC)c2)[N+](=[N-])C(c2ccc(CCCC)cc2)=C1CC. The lowest BCUT2D eigenvalue weighted by molar-refractivity contribution is -0.345. The highest BCUT2D eigenvalue weighted by molar-refractivity contribution is 5.85. The molecule has 0 fully saturated rings. The van der Waals surface area contributed by atoms with Crippen molar-refractivity contribution < 1.29 is 4.70 Å². The number of hydrogen-bond acceptors (Lipinski definition) is 0. The summed E-state index contributed by atoms with van der Waals surface area (Å²) in [6.45, 7) is 8.99. The van der Waals surface area contributed by atoms with Crippen LogP contribution in [-0.2, 0) is 12.8 Å². The highest BCUT2D eigenvalue weighted by Gasteiger charge is 2.34. The van der Waals surface area contributed by atoms with Gasteiger partial charge in [-0.2, -0.15) is 0 Å². The summed E-state index contributed by atoms with van der Waals surface area (Å²) in [6.07, 6.45) is 42.6. The van der Waals surface area contributed by atoms with E-state index >= 15 is 0 Å². The van der Waals surface area contributed by atoms with Crippen LogP contribution < -0.4 is 0 Å². The van der Waals surface area contributed by atoms with Crippen LogP contribution in [0, 0.1) is 11.8 Å². The predicted molar refractivity (Wildman–Crippen MR) is 247 cm³/mol. The minimum atomic E-state index is 0.826. The van der Waals surface area contributed by atoms with Gasteiger partial charge in [0.25, 0.3) is 0 Å². The molecule has 0 saturated heterocycles. The Morgan fingerprint density at radius 2 is 0.893 bits per heavy atom. The topological polar surface area (TPSA) is 25.3 Å². The molecule has 3 rings (SSSR count). The number of hydrogen-bond donors (Lipinski definition) is 0. The van der Waals surface area contributed by atoms with Crippen molar-refractivity contribution in [3.05, 3.63) is 87.5 Å². The number of allylic oxidation sites excluding steroid dienone is 2. The molecule has 310 valence electrons. The molecule has 56 heavy (non-hydrogen) atoms. The zero-order chi connectivity index (χ0) is 39.9. The molecule has 1 heterocycles. The second-order valence-corrected chi connectivity index (χ2v) is 17.0. The number of rotatable bonds is 33. The quantitative estimate of drug-likeness (QED) is 0.0393. The summed E-state index contributed by atoms with van der Waals surface area (Å²) in [5.41, 5.74) is 20.5. The Labute approximate surface area is 347 Å². The summed E-state index contributed by atoms with van der Waals surface area (Å²) >= 11 is 0. The highest BCUT2D eigenvalue weighted by Crippen LogP contribution is 2.42. The predicted octanol–water partition coefficient (Wildman–Crippen LogP) is 17.7. The van der Waals surface area contributed by atoms with E-state index in [1.54, 1.807) is 0 Å². The van der Waals surface area contributed by atoms with Gasteiger partial charge in [-0.25, -0.2) is 4.70 Å². The van der Waals surface area contributed by atoms with Gasteiger partial charge in [0.05, 0.1) is 0 Å². The second kappa shape index (κ2) is 31.1. The molecule has 2 nitrogen and oxygen atoms in total. The van der Waals surface area contributed by atoms with Crippen molar-refractivity contribution >= 4 is 11.4 Å². The molecular weight excluding hydrogens is 677 g/mol. The highest BCUT2D eigenvalue weighted by atomic mass is 15.2. The van der Waals surface area contributed by atoms with Crippen LogP contribution in [0.3, 0.4) is 0 Å². The maximum atomic E-state index is 11.9. The van der Waals surface area contributed by atoms with E-state index in [0.29, 0.717) is 0 Å².